The molecule has 1 fully saturated rings. The first kappa shape index (κ1) is 13.9. The minimum absolute atomic E-state index is 0.0619. The molecule has 0 aliphatic carbocycles. The highest BCUT2D eigenvalue weighted by atomic mass is 16.7. The fourth-order valence-corrected chi connectivity index (χ4v) is 1.73. The smallest absolute Gasteiger partial charge is 0.155 e. The maximum Gasteiger partial charge on any atom is 0.155 e. The largest absolute Gasteiger partial charge is 0.373 e. The van der Waals surface area contributed by atoms with Crippen LogP contribution in [0.3, 0.4) is 0 Å². The molecule has 1 aliphatic heterocycles. The lowest BCUT2D eigenvalue weighted by Gasteiger charge is -2.31. The normalized spacial score (nSPS) is 27.4. The Morgan fingerprint density at radius 1 is 1.31 bits per heavy atom. The Morgan fingerprint density at radius 3 is 2.62 bits per heavy atom. The number of hydrogen-bond donors (Lipinski definition) is 1. The molecule has 4 unspecified atom stereocenters. The van der Waals surface area contributed by atoms with Crippen LogP contribution in [0.15, 0.2) is 0 Å². The third-order valence-electron chi connectivity index (χ3n) is 2.89. The standard InChI is InChI=1S/C12H25NO3/c1-5-9(2)15-11(4)16-10(3)12-8-13-6-7-14-12/h9-13H,5-8H2,1-4H3. The Morgan fingerprint density at radius 2 is 2.06 bits per heavy atom. The van der Waals surface area contributed by atoms with Gasteiger partial charge in [0.1, 0.15) is 0 Å². The molecule has 0 spiro atoms. The quantitative estimate of drug-likeness (QED) is 0.704. The molecule has 16 heavy (non-hydrogen) atoms. The van der Waals surface area contributed by atoms with Crippen molar-refractivity contribution in [3.05, 3.63) is 0 Å². The van der Waals surface area contributed by atoms with Crippen molar-refractivity contribution in [2.75, 3.05) is 19.7 Å². The summed E-state index contributed by atoms with van der Waals surface area (Å²) in [5.41, 5.74) is 0. The van der Waals surface area contributed by atoms with Crippen molar-refractivity contribution in [3.63, 3.8) is 0 Å². The maximum atomic E-state index is 5.78. The molecular formula is C12H25NO3. The summed E-state index contributed by atoms with van der Waals surface area (Å²) in [5, 5.41) is 3.30. The van der Waals surface area contributed by atoms with Crippen LogP contribution in [0.4, 0.5) is 0 Å². The fraction of sp³-hybridized carbons (Fsp3) is 1.00. The average Bonchev–Trinajstić information content (AvgIpc) is 2.29. The summed E-state index contributed by atoms with van der Waals surface area (Å²) in [6.45, 7) is 10.7. The summed E-state index contributed by atoms with van der Waals surface area (Å²) in [4.78, 5) is 0. The number of morpholine rings is 1. The average molecular weight is 231 g/mol. The molecule has 0 aromatic rings. The first-order chi connectivity index (χ1) is 7.63. The van der Waals surface area contributed by atoms with Crippen LogP contribution < -0.4 is 5.32 Å². The van der Waals surface area contributed by atoms with Crippen LogP contribution in [0.2, 0.25) is 0 Å². The van der Waals surface area contributed by atoms with Crippen LogP contribution in [0, 0.1) is 0 Å². The van der Waals surface area contributed by atoms with Crippen molar-refractivity contribution in [2.45, 2.75) is 58.7 Å². The molecule has 4 atom stereocenters. The van der Waals surface area contributed by atoms with Gasteiger partial charge in [0.15, 0.2) is 6.29 Å². The third kappa shape index (κ3) is 4.78. The minimum Gasteiger partial charge on any atom is -0.373 e. The second-order valence-corrected chi connectivity index (χ2v) is 4.38. The predicted octanol–water partition coefficient (Wildman–Crippen LogP) is 1.54. The predicted molar refractivity (Wildman–Crippen MR) is 63.5 cm³/mol. The number of rotatable bonds is 6. The highest BCUT2D eigenvalue weighted by Crippen LogP contribution is 2.11. The Hall–Kier alpha value is -0.160. The molecule has 1 heterocycles. The Labute approximate surface area is 98.6 Å². The van der Waals surface area contributed by atoms with Crippen LogP contribution in [0.25, 0.3) is 0 Å². The molecule has 1 N–H and O–H groups in total. The van der Waals surface area contributed by atoms with E-state index in [2.05, 4.69) is 19.2 Å². The topological polar surface area (TPSA) is 39.7 Å². The van der Waals surface area contributed by atoms with Gasteiger partial charge in [0, 0.05) is 13.1 Å². The second kappa shape index (κ2) is 7.22. The summed E-state index contributed by atoms with van der Waals surface area (Å²) in [6, 6.07) is 0. The molecule has 4 heteroatoms. The van der Waals surface area contributed by atoms with E-state index in [9.17, 15) is 0 Å². The van der Waals surface area contributed by atoms with Crippen molar-refractivity contribution in [1.29, 1.82) is 0 Å². The second-order valence-electron chi connectivity index (χ2n) is 4.38. The van der Waals surface area contributed by atoms with E-state index in [4.69, 9.17) is 14.2 Å². The van der Waals surface area contributed by atoms with Crippen molar-refractivity contribution in [1.82, 2.24) is 5.32 Å². The highest BCUT2D eigenvalue weighted by Gasteiger charge is 2.23. The Balaban J connectivity index is 2.23. The lowest BCUT2D eigenvalue weighted by molar-refractivity contribution is -0.203. The van der Waals surface area contributed by atoms with Crippen LogP contribution in [0.5, 0.6) is 0 Å². The lowest BCUT2D eigenvalue weighted by Crippen LogP contribution is -2.46. The van der Waals surface area contributed by atoms with E-state index < -0.39 is 0 Å². The highest BCUT2D eigenvalue weighted by molar-refractivity contribution is 4.73. The fourth-order valence-electron chi connectivity index (χ4n) is 1.73. The molecule has 0 aromatic heterocycles. The third-order valence-corrected chi connectivity index (χ3v) is 2.89. The van der Waals surface area contributed by atoms with Gasteiger partial charge in [-0.2, -0.15) is 0 Å². The molecule has 96 valence electrons. The van der Waals surface area contributed by atoms with Crippen molar-refractivity contribution < 1.29 is 14.2 Å². The van der Waals surface area contributed by atoms with Gasteiger partial charge in [-0.1, -0.05) is 6.92 Å². The van der Waals surface area contributed by atoms with E-state index in [1.54, 1.807) is 0 Å². The number of hydrogen-bond acceptors (Lipinski definition) is 4. The van der Waals surface area contributed by atoms with Gasteiger partial charge in [0.25, 0.3) is 0 Å². The molecule has 0 bridgehead atoms. The van der Waals surface area contributed by atoms with Crippen LogP contribution in [0.1, 0.15) is 34.1 Å². The first-order valence-electron chi connectivity index (χ1n) is 6.26. The van der Waals surface area contributed by atoms with Gasteiger partial charge in [0.05, 0.1) is 24.9 Å². The summed E-state index contributed by atoms with van der Waals surface area (Å²) >= 11 is 0. The lowest BCUT2D eigenvalue weighted by atomic mass is 10.2. The van der Waals surface area contributed by atoms with Crippen LogP contribution in [-0.4, -0.2) is 44.3 Å². The van der Waals surface area contributed by atoms with E-state index in [-0.39, 0.29) is 24.6 Å². The molecule has 0 aromatic carbocycles. The van der Waals surface area contributed by atoms with Crippen molar-refractivity contribution in [2.24, 2.45) is 0 Å². The van der Waals surface area contributed by atoms with Crippen molar-refractivity contribution in [3.8, 4) is 0 Å². The van der Waals surface area contributed by atoms with Gasteiger partial charge in [-0.05, 0) is 27.2 Å². The van der Waals surface area contributed by atoms with Gasteiger partial charge in [-0.25, -0.2) is 0 Å². The van der Waals surface area contributed by atoms with Crippen molar-refractivity contribution >= 4 is 0 Å². The summed E-state index contributed by atoms with van der Waals surface area (Å²) in [5.74, 6) is 0. The number of ether oxygens (including phenoxy) is 3. The van der Waals surface area contributed by atoms with Gasteiger partial charge in [-0.3, -0.25) is 0 Å². The van der Waals surface area contributed by atoms with E-state index in [0.29, 0.717) is 0 Å². The first-order valence-corrected chi connectivity index (χ1v) is 6.26. The minimum atomic E-state index is -0.171. The molecule has 0 saturated carbocycles. The van der Waals surface area contributed by atoms with E-state index in [1.165, 1.54) is 0 Å². The molecule has 1 saturated heterocycles. The summed E-state index contributed by atoms with van der Waals surface area (Å²) in [6.07, 6.45) is 1.27. The molecule has 0 radical (unpaired) electrons. The van der Waals surface area contributed by atoms with E-state index in [1.807, 2.05) is 13.8 Å². The van der Waals surface area contributed by atoms with E-state index >= 15 is 0 Å². The van der Waals surface area contributed by atoms with E-state index in [0.717, 1.165) is 26.1 Å². The molecule has 1 rings (SSSR count). The zero-order valence-electron chi connectivity index (χ0n) is 10.9. The monoisotopic (exact) mass is 231 g/mol. The molecule has 1 aliphatic rings. The van der Waals surface area contributed by atoms with Gasteiger partial charge < -0.3 is 19.5 Å². The Bertz CT molecular complexity index is 183. The molecule has 4 nitrogen and oxygen atoms in total. The van der Waals surface area contributed by atoms with Gasteiger partial charge in [0.2, 0.25) is 0 Å². The maximum absolute atomic E-state index is 5.78. The zero-order valence-corrected chi connectivity index (χ0v) is 10.9. The molecular weight excluding hydrogens is 206 g/mol. The SMILES string of the molecule is CCC(C)OC(C)OC(C)C1CNCCO1. The summed E-state index contributed by atoms with van der Waals surface area (Å²) in [7, 11) is 0. The van der Waals surface area contributed by atoms with Gasteiger partial charge >= 0.3 is 0 Å². The molecule has 0 amide bonds. The van der Waals surface area contributed by atoms with Gasteiger partial charge in [-0.15, -0.1) is 0 Å². The van der Waals surface area contributed by atoms with Crippen LogP contribution in [-0.2, 0) is 14.2 Å². The summed E-state index contributed by atoms with van der Waals surface area (Å²) < 4.78 is 17.1. The Kier molecular flexibility index (Phi) is 6.28. The van der Waals surface area contributed by atoms with Crippen LogP contribution >= 0.6 is 0 Å². The zero-order chi connectivity index (χ0) is 12.0. The number of nitrogens with one attached hydrogen (secondary N) is 1.